The molecule has 0 radical (unpaired) electrons. The highest BCUT2D eigenvalue weighted by atomic mass is 79.9. The summed E-state index contributed by atoms with van der Waals surface area (Å²) in [7, 11) is 0. The molecule has 1 aromatic rings. The highest BCUT2D eigenvalue weighted by Gasteiger charge is 2.28. The Labute approximate surface area is 112 Å². The van der Waals surface area contributed by atoms with Gasteiger partial charge >= 0.3 is 0 Å². The number of hydrogen-bond donors (Lipinski definition) is 0. The minimum atomic E-state index is -0.641. The summed E-state index contributed by atoms with van der Waals surface area (Å²) in [4.78, 5) is 13.2. The summed E-state index contributed by atoms with van der Waals surface area (Å²) in [6, 6.07) is 3.35. The van der Waals surface area contributed by atoms with Crippen LogP contribution in [0, 0.1) is 17.1 Å². The normalized spacial score (nSPS) is 13.6. The molecule has 0 spiro atoms. The van der Waals surface area contributed by atoms with Gasteiger partial charge in [0, 0.05) is 6.42 Å². The minimum Gasteiger partial charge on any atom is -0.486 e. The molecule has 1 amide bonds. The number of ether oxygens (including phenoxy) is 1. The number of anilines is 1. The Morgan fingerprint density at radius 1 is 1.72 bits per heavy atom. The second-order valence-corrected chi connectivity index (χ2v) is 4.55. The van der Waals surface area contributed by atoms with Gasteiger partial charge in [-0.15, -0.1) is 0 Å². The molecule has 0 saturated carbocycles. The predicted molar refractivity (Wildman–Crippen MR) is 67.0 cm³/mol. The van der Waals surface area contributed by atoms with E-state index in [1.807, 2.05) is 6.07 Å². The number of rotatable bonds is 1. The van der Waals surface area contributed by atoms with Crippen LogP contribution >= 0.6 is 15.9 Å². The van der Waals surface area contributed by atoms with E-state index in [-0.39, 0.29) is 28.3 Å². The van der Waals surface area contributed by atoms with Gasteiger partial charge in [-0.05, 0) is 22.0 Å². The summed E-state index contributed by atoms with van der Waals surface area (Å²) in [6.07, 6.45) is 0.318. The second-order valence-electron chi connectivity index (χ2n) is 3.76. The average molecular weight is 313 g/mol. The summed E-state index contributed by atoms with van der Waals surface area (Å²) in [5, 5.41) is 8.94. The number of nitriles is 1. The van der Waals surface area contributed by atoms with E-state index in [9.17, 15) is 9.18 Å². The number of benzene rings is 1. The summed E-state index contributed by atoms with van der Waals surface area (Å²) in [6.45, 7) is 2.34. The van der Waals surface area contributed by atoms with Crippen LogP contribution in [-0.4, -0.2) is 19.1 Å². The first kappa shape index (κ1) is 12.8. The molecule has 0 aromatic heterocycles. The lowest BCUT2D eigenvalue weighted by Crippen LogP contribution is -2.37. The first-order valence-electron chi connectivity index (χ1n) is 5.45. The third kappa shape index (κ3) is 1.95. The van der Waals surface area contributed by atoms with Crippen molar-refractivity contribution in [2.45, 2.75) is 13.3 Å². The van der Waals surface area contributed by atoms with Crippen LogP contribution in [-0.2, 0) is 4.79 Å². The van der Waals surface area contributed by atoms with E-state index >= 15 is 0 Å². The van der Waals surface area contributed by atoms with Gasteiger partial charge in [-0.25, -0.2) is 4.39 Å². The third-order valence-corrected chi connectivity index (χ3v) is 3.49. The summed E-state index contributed by atoms with van der Waals surface area (Å²) >= 11 is 3.01. The molecule has 94 valence electrons. The average Bonchev–Trinajstić information content (AvgIpc) is 2.41. The number of fused-ring (bicyclic) bond motifs is 1. The maximum Gasteiger partial charge on any atom is 0.226 e. The van der Waals surface area contributed by atoms with Crippen LogP contribution in [0.2, 0.25) is 0 Å². The minimum absolute atomic E-state index is 0.0222. The van der Waals surface area contributed by atoms with Gasteiger partial charge in [0.25, 0.3) is 0 Å². The van der Waals surface area contributed by atoms with E-state index < -0.39 is 5.82 Å². The lowest BCUT2D eigenvalue weighted by Gasteiger charge is -2.30. The molecule has 0 fully saturated rings. The number of hydrogen-bond acceptors (Lipinski definition) is 3. The van der Waals surface area contributed by atoms with Crippen LogP contribution in [0.25, 0.3) is 0 Å². The molecule has 1 heterocycles. The molecule has 1 aliphatic rings. The van der Waals surface area contributed by atoms with Crippen LogP contribution in [0.5, 0.6) is 5.75 Å². The van der Waals surface area contributed by atoms with Crippen molar-refractivity contribution in [3.63, 3.8) is 0 Å². The Kier molecular flexibility index (Phi) is 3.53. The van der Waals surface area contributed by atoms with Crippen molar-refractivity contribution >= 4 is 27.5 Å². The summed E-state index contributed by atoms with van der Waals surface area (Å²) in [5.41, 5.74) is 0.469. The van der Waals surface area contributed by atoms with Crippen LogP contribution < -0.4 is 9.64 Å². The Bertz CT molecular complexity index is 554. The molecule has 1 aromatic carbocycles. The fourth-order valence-corrected chi connectivity index (χ4v) is 2.21. The number of halogens is 2. The van der Waals surface area contributed by atoms with Gasteiger partial charge in [-0.3, -0.25) is 4.79 Å². The molecule has 18 heavy (non-hydrogen) atoms. The van der Waals surface area contributed by atoms with E-state index in [2.05, 4.69) is 15.9 Å². The molecule has 0 atom stereocenters. The highest BCUT2D eigenvalue weighted by molar-refractivity contribution is 9.10. The monoisotopic (exact) mass is 312 g/mol. The van der Waals surface area contributed by atoms with Gasteiger partial charge in [-0.1, -0.05) is 6.92 Å². The smallest absolute Gasteiger partial charge is 0.226 e. The van der Waals surface area contributed by atoms with Crippen molar-refractivity contribution in [3.8, 4) is 11.8 Å². The number of nitrogens with zero attached hydrogens (tertiary/aromatic N) is 2. The molecule has 0 aliphatic carbocycles. The van der Waals surface area contributed by atoms with Gasteiger partial charge in [0.2, 0.25) is 5.91 Å². The molecule has 0 bridgehead atoms. The van der Waals surface area contributed by atoms with Gasteiger partial charge in [-0.2, -0.15) is 5.26 Å². The Hall–Kier alpha value is -1.61. The zero-order chi connectivity index (χ0) is 13.3. The molecular formula is C12H10BrFN2O2. The van der Waals surface area contributed by atoms with Crippen molar-refractivity contribution in [3.05, 3.63) is 21.9 Å². The summed E-state index contributed by atoms with van der Waals surface area (Å²) < 4.78 is 19.3. The first-order valence-corrected chi connectivity index (χ1v) is 6.24. The largest absolute Gasteiger partial charge is 0.486 e. The van der Waals surface area contributed by atoms with Crippen LogP contribution in [0.1, 0.15) is 18.9 Å². The van der Waals surface area contributed by atoms with Gasteiger partial charge in [0.1, 0.15) is 12.7 Å². The predicted octanol–water partition coefficient (Wildman–Crippen LogP) is 2.60. The molecule has 1 aliphatic heterocycles. The molecular weight excluding hydrogens is 303 g/mol. The second kappa shape index (κ2) is 4.94. The standard InChI is InChI=1S/C12H10BrFN2O2/c1-2-9(17)16-3-4-18-12-8(16)5-7(6-15)10(13)11(12)14/h5H,2-4H2,1H3. The molecule has 0 unspecified atom stereocenters. The number of amides is 1. The maximum atomic E-state index is 14.0. The van der Waals surface area contributed by atoms with Crippen LogP contribution in [0.15, 0.2) is 10.5 Å². The van der Waals surface area contributed by atoms with Gasteiger partial charge in [0.15, 0.2) is 11.6 Å². The zero-order valence-electron chi connectivity index (χ0n) is 9.67. The summed E-state index contributed by atoms with van der Waals surface area (Å²) in [5.74, 6) is -0.739. The van der Waals surface area contributed by atoms with Gasteiger partial charge in [0.05, 0.1) is 22.3 Å². The first-order chi connectivity index (χ1) is 8.60. The zero-order valence-corrected chi connectivity index (χ0v) is 11.3. The van der Waals surface area contributed by atoms with E-state index in [4.69, 9.17) is 10.00 Å². The quantitative estimate of drug-likeness (QED) is 0.801. The van der Waals surface area contributed by atoms with Crippen molar-refractivity contribution in [2.75, 3.05) is 18.1 Å². The Morgan fingerprint density at radius 2 is 2.44 bits per heavy atom. The fourth-order valence-electron chi connectivity index (χ4n) is 1.82. The van der Waals surface area contributed by atoms with Crippen LogP contribution in [0.4, 0.5) is 10.1 Å². The van der Waals surface area contributed by atoms with Gasteiger partial charge < -0.3 is 9.64 Å². The molecule has 0 saturated heterocycles. The van der Waals surface area contributed by atoms with Crippen molar-refractivity contribution in [1.29, 1.82) is 5.26 Å². The van der Waals surface area contributed by atoms with Crippen molar-refractivity contribution < 1.29 is 13.9 Å². The fraction of sp³-hybridized carbons (Fsp3) is 0.333. The number of carbonyl (C=O) groups excluding carboxylic acids is 1. The lowest BCUT2D eigenvalue weighted by molar-refractivity contribution is -0.118. The van der Waals surface area contributed by atoms with E-state index in [0.29, 0.717) is 18.7 Å². The topological polar surface area (TPSA) is 53.3 Å². The SMILES string of the molecule is CCC(=O)N1CCOc2c1cc(C#N)c(Br)c2F. The van der Waals surface area contributed by atoms with E-state index in [1.54, 1.807) is 6.92 Å². The van der Waals surface area contributed by atoms with Crippen molar-refractivity contribution in [2.24, 2.45) is 0 Å². The van der Waals surface area contributed by atoms with Crippen LogP contribution in [0.3, 0.4) is 0 Å². The van der Waals surface area contributed by atoms with E-state index in [0.717, 1.165) is 0 Å². The Balaban J connectivity index is 2.61. The van der Waals surface area contributed by atoms with Crippen molar-refractivity contribution in [1.82, 2.24) is 0 Å². The molecule has 6 heteroatoms. The highest BCUT2D eigenvalue weighted by Crippen LogP contribution is 2.39. The molecule has 4 nitrogen and oxygen atoms in total. The third-order valence-electron chi connectivity index (χ3n) is 2.72. The maximum absolute atomic E-state index is 14.0. The van der Waals surface area contributed by atoms with E-state index in [1.165, 1.54) is 11.0 Å². The Morgan fingerprint density at radius 3 is 3.06 bits per heavy atom. The number of carbonyl (C=O) groups is 1. The lowest BCUT2D eigenvalue weighted by atomic mass is 10.1. The molecule has 2 rings (SSSR count). The molecule has 0 N–H and O–H groups in total.